The molecule has 0 bridgehead atoms. The standard InChI is InChI=1S/C16H19BrCl2FNO3/c1-11(2)21-24-7-4-3-6-23-16-13(17)9-12(10-14(16)18)22-8-5-15(19)20/h5,9-10H,3-4,6-8H2,1-2H3/b15-5-. The second-order valence-electron chi connectivity index (χ2n) is 4.95. The number of halogens is 4. The van der Waals surface area contributed by atoms with Crippen LogP contribution in [0.3, 0.4) is 0 Å². The van der Waals surface area contributed by atoms with Crippen molar-refractivity contribution in [3.8, 4) is 11.5 Å². The maximum absolute atomic E-state index is 12.4. The summed E-state index contributed by atoms with van der Waals surface area (Å²) in [6.45, 7) is 4.80. The average molecular weight is 443 g/mol. The van der Waals surface area contributed by atoms with E-state index in [9.17, 15) is 4.39 Å². The lowest BCUT2D eigenvalue weighted by atomic mass is 10.3. The smallest absolute Gasteiger partial charge is 0.188 e. The molecule has 0 aliphatic rings. The first-order chi connectivity index (χ1) is 11.4. The largest absolute Gasteiger partial charge is 0.491 e. The number of oxime groups is 1. The first-order valence-corrected chi connectivity index (χ1v) is 8.84. The lowest BCUT2D eigenvalue weighted by molar-refractivity contribution is 0.135. The van der Waals surface area contributed by atoms with Crippen LogP contribution in [0.15, 0.2) is 33.1 Å². The Labute approximate surface area is 159 Å². The second-order valence-corrected chi connectivity index (χ2v) is 6.57. The van der Waals surface area contributed by atoms with Crippen molar-refractivity contribution in [3.05, 3.63) is 33.0 Å². The number of hydrogen-bond acceptors (Lipinski definition) is 4. The molecular formula is C16H19BrCl2FNO3. The van der Waals surface area contributed by atoms with Gasteiger partial charge in [-0.25, -0.2) is 0 Å². The molecule has 1 aromatic rings. The first-order valence-electron chi connectivity index (χ1n) is 7.29. The summed E-state index contributed by atoms with van der Waals surface area (Å²) in [6.07, 6.45) is 2.74. The fourth-order valence-electron chi connectivity index (χ4n) is 1.58. The Morgan fingerprint density at radius 2 is 1.96 bits per heavy atom. The Bertz CT molecular complexity index is 566. The van der Waals surface area contributed by atoms with E-state index < -0.39 is 5.29 Å². The Morgan fingerprint density at radius 1 is 1.25 bits per heavy atom. The second kappa shape index (κ2) is 11.6. The molecule has 0 N–H and O–H groups in total. The van der Waals surface area contributed by atoms with E-state index >= 15 is 0 Å². The zero-order valence-electron chi connectivity index (χ0n) is 13.5. The van der Waals surface area contributed by atoms with Crippen molar-refractivity contribution in [1.82, 2.24) is 0 Å². The van der Waals surface area contributed by atoms with Crippen molar-refractivity contribution in [1.29, 1.82) is 0 Å². The summed E-state index contributed by atoms with van der Waals surface area (Å²) < 4.78 is 24.0. The molecule has 0 radical (unpaired) electrons. The predicted molar refractivity (Wildman–Crippen MR) is 99.2 cm³/mol. The van der Waals surface area contributed by atoms with Crippen molar-refractivity contribution < 1.29 is 18.7 Å². The van der Waals surface area contributed by atoms with Crippen LogP contribution in [0.2, 0.25) is 5.02 Å². The molecule has 1 aromatic carbocycles. The molecule has 0 spiro atoms. The maximum Gasteiger partial charge on any atom is 0.188 e. The molecule has 0 unspecified atom stereocenters. The monoisotopic (exact) mass is 441 g/mol. The van der Waals surface area contributed by atoms with Gasteiger partial charge < -0.3 is 14.3 Å². The normalized spacial score (nSPS) is 11.2. The van der Waals surface area contributed by atoms with Crippen molar-refractivity contribution in [3.63, 3.8) is 0 Å². The Hall–Kier alpha value is -0.980. The Morgan fingerprint density at radius 3 is 2.58 bits per heavy atom. The fourth-order valence-corrected chi connectivity index (χ4v) is 2.57. The van der Waals surface area contributed by atoms with Gasteiger partial charge in [-0.1, -0.05) is 28.4 Å². The molecule has 0 atom stereocenters. The first kappa shape index (κ1) is 21.1. The number of hydrogen-bond donors (Lipinski definition) is 0. The summed E-state index contributed by atoms with van der Waals surface area (Å²) in [5.41, 5.74) is 0.883. The summed E-state index contributed by atoms with van der Waals surface area (Å²) in [7, 11) is 0. The highest BCUT2D eigenvalue weighted by molar-refractivity contribution is 9.10. The lowest BCUT2D eigenvalue weighted by Crippen LogP contribution is -2.01. The van der Waals surface area contributed by atoms with Gasteiger partial charge in [-0.05, 0) is 48.7 Å². The third-order valence-corrected chi connectivity index (χ3v) is 3.61. The van der Waals surface area contributed by atoms with Gasteiger partial charge in [0.15, 0.2) is 11.0 Å². The van der Waals surface area contributed by atoms with Crippen LogP contribution < -0.4 is 9.47 Å². The zero-order valence-corrected chi connectivity index (χ0v) is 16.5. The molecule has 24 heavy (non-hydrogen) atoms. The van der Waals surface area contributed by atoms with Gasteiger partial charge in [0, 0.05) is 12.1 Å². The van der Waals surface area contributed by atoms with Gasteiger partial charge in [0.1, 0.15) is 19.0 Å². The lowest BCUT2D eigenvalue weighted by Gasteiger charge is -2.12. The van der Waals surface area contributed by atoms with Crippen molar-refractivity contribution in [2.75, 3.05) is 19.8 Å². The van der Waals surface area contributed by atoms with E-state index in [-0.39, 0.29) is 6.61 Å². The third-order valence-electron chi connectivity index (χ3n) is 2.58. The molecule has 4 nitrogen and oxygen atoms in total. The zero-order chi connectivity index (χ0) is 17.9. The van der Waals surface area contributed by atoms with Crippen LogP contribution in [-0.4, -0.2) is 25.5 Å². The van der Waals surface area contributed by atoms with Gasteiger partial charge in [-0.3, -0.25) is 0 Å². The SMILES string of the molecule is CC(C)=NOCCCCOc1c(Cl)cc(OC/C=C(\F)Cl)cc1Br. The molecule has 1 rings (SSSR count). The minimum absolute atomic E-state index is 0.0119. The minimum Gasteiger partial charge on any atom is -0.491 e. The minimum atomic E-state index is -0.816. The number of nitrogens with zero attached hydrogens (tertiary/aromatic N) is 1. The topological polar surface area (TPSA) is 40.0 Å². The molecule has 8 heteroatoms. The number of unbranched alkanes of at least 4 members (excludes halogenated alkanes) is 1. The van der Waals surface area contributed by atoms with E-state index in [1.54, 1.807) is 12.1 Å². The van der Waals surface area contributed by atoms with Gasteiger partial charge >= 0.3 is 0 Å². The molecule has 0 saturated carbocycles. The Kier molecular flexibility index (Phi) is 10.1. The quantitative estimate of drug-likeness (QED) is 0.249. The van der Waals surface area contributed by atoms with Gasteiger partial charge in [-0.2, -0.15) is 4.39 Å². The van der Waals surface area contributed by atoms with E-state index in [2.05, 4.69) is 21.1 Å². The number of rotatable bonds is 10. The van der Waals surface area contributed by atoms with E-state index in [4.69, 9.17) is 37.5 Å². The highest BCUT2D eigenvalue weighted by Gasteiger charge is 2.10. The van der Waals surface area contributed by atoms with Crippen LogP contribution in [0.5, 0.6) is 11.5 Å². The van der Waals surface area contributed by atoms with Crippen LogP contribution >= 0.6 is 39.1 Å². The van der Waals surface area contributed by atoms with Crippen molar-refractivity contribution in [2.24, 2.45) is 5.16 Å². The summed E-state index contributed by atoms with van der Waals surface area (Å²) in [4.78, 5) is 5.10. The molecule has 0 aromatic heterocycles. The average Bonchev–Trinajstić information content (AvgIpc) is 2.47. The van der Waals surface area contributed by atoms with Crippen LogP contribution in [0, 0.1) is 0 Å². The summed E-state index contributed by atoms with van der Waals surface area (Å²) >= 11 is 14.7. The molecule has 0 saturated heterocycles. The summed E-state index contributed by atoms with van der Waals surface area (Å²) in [6, 6.07) is 3.30. The Balaban J connectivity index is 2.43. The van der Waals surface area contributed by atoms with E-state index in [1.165, 1.54) is 0 Å². The maximum atomic E-state index is 12.4. The van der Waals surface area contributed by atoms with Gasteiger partial charge in [0.05, 0.1) is 21.8 Å². The predicted octanol–water partition coefficient (Wildman–Crippen LogP) is 6.10. The highest BCUT2D eigenvalue weighted by Crippen LogP contribution is 2.37. The molecule has 0 heterocycles. The molecule has 0 fully saturated rings. The summed E-state index contributed by atoms with van der Waals surface area (Å²) in [5, 5.41) is 3.44. The van der Waals surface area contributed by atoms with E-state index in [0.29, 0.717) is 34.2 Å². The van der Waals surface area contributed by atoms with Crippen molar-refractivity contribution in [2.45, 2.75) is 26.7 Å². The molecule has 0 aliphatic heterocycles. The number of benzene rings is 1. The summed E-state index contributed by atoms with van der Waals surface area (Å²) in [5.74, 6) is 1.01. The van der Waals surface area contributed by atoms with E-state index in [1.807, 2.05) is 13.8 Å². The molecule has 134 valence electrons. The van der Waals surface area contributed by atoms with Gasteiger partial charge in [0.25, 0.3) is 0 Å². The highest BCUT2D eigenvalue weighted by atomic mass is 79.9. The van der Waals surface area contributed by atoms with Gasteiger partial charge in [-0.15, -0.1) is 0 Å². The molecule has 0 amide bonds. The van der Waals surface area contributed by atoms with Crippen LogP contribution in [0.25, 0.3) is 0 Å². The van der Waals surface area contributed by atoms with E-state index in [0.717, 1.165) is 24.6 Å². The van der Waals surface area contributed by atoms with Gasteiger partial charge in [0.2, 0.25) is 0 Å². The molecule has 0 aliphatic carbocycles. The van der Waals surface area contributed by atoms with Crippen LogP contribution in [0.4, 0.5) is 4.39 Å². The third kappa shape index (κ3) is 8.76. The fraction of sp³-hybridized carbons (Fsp3) is 0.438. The van der Waals surface area contributed by atoms with Crippen LogP contribution in [0.1, 0.15) is 26.7 Å². The van der Waals surface area contributed by atoms with Crippen molar-refractivity contribution >= 4 is 44.8 Å². The number of ether oxygens (including phenoxy) is 2. The molecular weight excluding hydrogens is 424 g/mol. The van der Waals surface area contributed by atoms with Crippen LogP contribution in [-0.2, 0) is 4.84 Å².